The molecule has 1 unspecified atom stereocenters. The normalized spacial score (nSPS) is 19.7. The number of urea groups is 1. The number of benzene rings is 1. The summed E-state index contributed by atoms with van der Waals surface area (Å²) < 4.78 is 5.71. The molecule has 1 aliphatic heterocycles. The van der Waals surface area contributed by atoms with E-state index in [0.29, 0.717) is 24.7 Å². The van der Waals surface area contributed by atoms with Crippen LogP contribution in [-0.4, -0.2) is 49.6 Å². The Kier molecular flexibility index (Phi) is 4.09. The molecule has 98 valence electrons. The summed E-state index contributed by atoms with van der Waals surface area (Å²) in [5.74, 6) is 0. The molecule has 0 bridgehead atoms. The van der Waals surface area contributed by atoms with Crippen LogP contribution in [0.25, 0.3) is 0 Å². The molecule has 1 aromatic carbocycles. The molecule has 0 N–H and O–H groups in total. The van der Waals surface area contributed by atoms with Gasteiger partial charge in [-0.3, -0.25) is 0 Å². The topological polar surface area (TPSA) is 32.8 Å². The van der Waals surface area contributed by atoms with Crippen LogP contribution in [0.5, 0.6) is 0 Å². The lowest BCUT2D eigenvalue weighted by atomic mass is 10.1. The number of nitrogens with zero attached hydrogens (tertiary/aromatic N) is 2. The molecule has 18 heavy (non-hydrogen) atoms. The van der Waals surface area contributed by atoms with E-state index >= 15 is 0 Å². The van der Waals surface area contributed by atoms with Gasteiger partial charge in [-0.25, -0.2) is 4.79 Å². The Balaban J connectivity index is 2.12. The van der Waals surface area contributed by atoms with Crippen LogP contribution in [0.3, 0.4) is 0 Å². The maximum atomic E-state index is 11.9. The smallest absolute Gasteiger partial charge is 0.319 e. The predicted octanol–water partition coefficient (Wildman–Crippen LogP) is 2.39. The number of halogens is 1. The van der Waals surface area contributed by atoms with Crippen molar-refractivity contribution in [3.63, 3.8) is 0 Å². The summed E-state index contributed by atoms with van der Waals surface area (Å²) in [4.78, 5) is 15.3. The fourth-order valence-electron chi connectivity index (χ4n) is 2.03. The molecule has 0 spiro atoms. The van der Waals surface area contributed by atoms with Crippen LogP contribution in [0, 0.1) is 0 Å². The monoisotopic (exact) mass is 268 g/mol. The van der Waals surface area contributed by atoms with Crippen molar-refractivity contribution in [2.75, 3.05) is 33.8 Å². The van der Waals surface area contributed by atoms with Crippen molar-refractivity contribution in [2.24, 2.45) is 0 Å². The van der Waals surface area contributed by atoms with Crippen molar-refractivity contribution in [2.45, 2.75) is 6.10 Å². The Morgan fingerprint density at radius 1 is 1.44 bits per heavy atom. The van der Waals surface area contributed by atoms with Gasteiger partial charge in [0.2, 0.25) is 0 Å². The largest absolute Gasteiger partial charge is 0.370 e. The molecule has 4 nitrogen and oxygen atoms in total. The zero-order valence-corrected chi connectivity index (χ0v) is 11.4. The first-order chi connectivity index (χ1) is 8.59. The van der Waals surface area contributed by atoms with Gasteiger partial charge in [0.25, 0.3) is 0 Å². The minimum absolute atomic E-state index is 0.00959. The van der Waals surface area contributed by atoms with Crippen molar-refractivity contribution >= 4 is 17.6 Å². The Labute approximate surface area is 112 Å². The highest BCUT2D eigenvalue weighted by Crippen LogP contribution is 2.28. The molecule has 1 atom stereocenters. The molecule has 1 aliphatic rings. The number of carbonyl (C=O) groups excluding carboxylic acids is 1. The molecular weight excluding hydrogens is 252 g/mol. The fourth-order valence-corrected chi connectivity index (χ4v) is 2.29. The van der Waals surface area contributed by atoms with Crippen LogP contribution in [0.15, 0.2) is 24.3 Å². The van der Waals surface area contributed by atoms with E-state index < -0.39 is 0 Å². The third-order valence-corrected chi connectivity index (χ3v) is 3.32. The standard InChI is InChI=1S/C13H17ClN2O2/c1-15(2)13(17)16-7-8-18-12(9-16)10-5-3-4-6-11(10)14/h3-6,12H,7-9H2,1-2H3. The van der Waals surface area contributed by atoms with Crippen LogP contribution >= 0.6 is 11.6 Å². The number of hydrogen-bond acceptors (Lipinski definition) is 2. The lowest BCUT2D eigenvalue weighted by molar-refractivity contribution is -0.0188. The lowest BCUT2D eigenvalue weighted by Gasteiger charge is -2.34. The van der Waals surface area contributed by atoms with Crippen LogP contribution in [0.4, 0.5) is 4.79 Å². The highest BCUT2D eigenvalue weighted by Gasteiger charge is 2.27. The van der Waals surface area contributed by atoms with Crippen LogP contribution in [-0.2, 0) is 4.74 Å². The zero-order valence-electron chi connectivity index (χ0n) is 10.6. The van der Waals surface area contributed by atoms with E-state index in [0.717, 1.165) is 5.56 Å². The average molecular weight is 269 g/mol. The van der Waals surface area contributed by atoms with Gasteiger partial charge in [-0.05, 0) is 6.07 Å². The van der Waals surface area contributed by atoms with E-state index in [9.17, 15) is 4.79 Å². The molecule has 2 rings (SSSR count). The fraction of sp³-hybridized carbons (Fsp3) is 0.462. The number of morpholine rings is 1. The minimum Gasteiger partial charge on any atom is -0.370 e. The molecular formula is C13H17ClN2O2. The molecule has 1 saturated heterocycles. The van der Waals surface area contributed by atoms with E-state index in [4.69, 9.17) is 16.3 Å². The van der Waals surface area contributed by atoms with Crippen molar-refractivity contribution < 1.29 is 9.53 Å². The number of amides is 2. The van der Waals surface area contributed by atoms with Gasteiger partial charge in [0.15, 0.2) is 0 Å². The molecule has 0 aliphatic carbocycles. The van der Waals surface area contributed by atoms with Crippen LogP contribution in [0.2, 0.25) is 5.02 Å². The molecule has 5 heteroatoms. The zero-order chi connectivity index (χ0) is 13.1. The highest BCUT2D eigenvalue weighted by atomic mass is 35.5. The van der Waals surface area contributed by atoms with Crippen LogP contribution in [0.1, 0.15) is 11.7 Å². The molecule has 0 saturated carbocycles. The average Bonchev–Trinajstić information content (AvgIpc) is 2.38. The second kappa shape index (κ2) is 5.59. The summed E-state index contributed by atoms with van der Waals surface area (Å²) in [5.41, 5.74) is 0.940. The van der Waals surface area contributed by atoms with Crippen molar-refractivity contribution in [3.8, 4) is 0 Å². The van der Waals surface area contributed by atoms with E-state index in [-0.39, 0.29) is 12.1 Å². The van der Waals surface area contributed by atoms with Gasteiger partial charge in [-0.1, -0.05) is 29.8 Å². The predicted molar refractivity (Wildman–Crippen MR) is 70.8 cm³/mol. The molecule has 1 heterocycles. The van der Waals surface area contributed by atoms with Gasteiger partial charge in [-0.2, -0.15) is 0 Å². The lowest BCUT2D eigenvalue weighted by Crippen LogP contribution is -2.46. The number of ether oxygens (including phenoxy) is 1. The Hall–Kier alpha value is -1.26. The maximum Gasteiger partial charge on any atom is 0.319 e. The van der Waals surface area contributed by atoms with Gasteiger partial charge >= 0.3 is 6.03 Å². The summed E-state index contributed by atoms with van der Waals surface area (Å²) in [7, 11) is 3.50. The summed E-state index contributed by atoms with van der Waals surface area (Å²) in [5, 5.41) is 0.682. The Morgan fingerprint density at radius 3 is 2.83 bits per heavy atom. The van der Waals surface area contributed by atoms with Crippen LogP contribution < -0.4 is 0 Å². The van der Waals surface area contributed by atoms with Gasteiger partial charge < -0.3 is 14.5 Å². The molecule has 1 fully saturated rings. The first-order valence-corrected chi connectivity index (χ1v) is 6.29. The second-order valence-electron chi connectivity index (χ2n) is 4.50. The quantitative estimate of drug-likeness (QED) is 0.784. The third kappa shape index (κ3) is 2.76. The molecule has 2 amide bonds. The summed E-state index contributed by atoms with van der Waals surface area (Å²) in [6, 6.07) is 7.61. The second-order valence-corrected chi connectivity index (χ2v) is 4.91. The van der Waals surface area contributed by atoms with E-state index in [1.807, 2.05) is 24.3 Å². The molecule has 1 aromatic rings. The van der Waals surface area contributed by atoms with Gasteiger partial charge in [0, 0.05) is 31.2 Å². The maximum absolute atomic E-state index is 11.9. The number of hydrogen-bond donors (Lipinski definition) is 0. The van der Waals surface area contributed by atoms with Crippen molar-refractivity contribution in [1.29, 1.82) is 0 Å². The number of carbonyl (C=O) groups is 1. The number of rotatable bonds is 1. The minimum atomic E-state index is -0.142. The Morgan fingerprint density at radius 2 is 2.17 bits per heavy atom. The first-order valence-electron chi connectivity index (χ1n) is 5.92. The van der Waals surface area contributed by atoms with E-state index in [1.165, 1.54) is 0 Å². The molecule has 0 radical (unpaired) electrons. The molecule has 0 aromatic heterocycles. The van der Waals surface area contributed by atoms with Gasteiger partial charge in [0.05, 0.1) is 13.2 Å². The van der Waals surface area contributed by atoms with Gasteiger partial charge in [-0.15, -0.1) is 0 Å². The van der Waals surface area contributed by atoms with Crippen molar-refractivity contribution in [3.05, 3.63) is 34.9 Å². The Bertz CT molecular complexity index is 437. The summed E-state index contributed by atoms with van der Waals surface area (Å²) >= 11 is 6.15. The highest BCUT2D eigenvalue weighted by molar-refractivity contribution is 6.31. The summed E-state index contributed by atoms with van der Waals surface area (Å²) in [6.07, 6.45) is -0.142. The van der Waals surface area contributed by atoms with Crippen molar-refractivity contribution in [1.82, 2.24) is 9.80 Å². The third-order valence-electron chi connectivity index (χ3n) is 2.97. The van der Waals surface area contributed by atoms with E-state index in [2.05, 4.69) is 0 Å². The SMILES string of the molecule is CN(C)C(=O)N1CCOC(c2ccccc2Cl)C1. The van der Waals surface area contributed by atoms with E-state index in [1.54, 1.807) is 23.9 Å². The summed E-state index contributed by atoms with van der Waals surface area (Å²) in [6.45, 7) is 1.70. The van der Waals surface area contributed by atoms with Gasteiger partial charge in [0.1, 0.15) is 6.10 Å². The first kappa shape index (κ1) is 13.2.